The molecule has 1 aliphatic heterocycles. The molecule has 1 fully saturated rings. The van der Waals surface area contributed by atoms with Gasteiger partial charge in [-0.3, -0.25) is 14.2 Å². The molecule has 1 aromatic heterocycles. The lowest BCUT2D eigenvalue weighted by Crippen LogP contribution is -2.39. The van der Waals surface area contributed by atoms with E-state index in [9.17, 15) is 19.2 Å². The number of ketones is 1. The molecule has 1 N–H and O–H groups in total. The first-order chi connectivity index (χ1) is 32.8. The van der Waals surface area contributed by atoms with E-state index < -0.39 is 50.1 Å². The number of unbranched alkanes of at least 4 members (excludes halogenated alkanes) is 1. The summed E-state index contributed by atoms with van der Waals surface area (Å²) < 4.78 is 47.9. The van der Waals surface area contributed by atoms with Gasteiger partial charge < -0.3 is 42.8 Å². The molecule has 362 valence electrons. The Balaban J connectivity index is 1.33. The quantitative estimate of drug-likeness (QED) is 0.0255. The molecule has 0 aliphatic carbocycles. The summed E-state index contributed by atoms with van der Waals surface area (Å²) in [6.07, 6.45) is 0.914. The van der Waals surface area contributed by atoms with Gasteiger partial charge in [0.15, 0.2) is 0 Å². The summed E-state index contributed by atoms with van der Waals surface area (Å²) in [6, 6.07) is 35.7. The number of hydrogen-bond acceptors (Lipinski definition) is 13. The van der Waals surface area contributed by atoms with Crippen molar-refractivity contribution < 1.29 is 47.1 Å². The number of nitrogens with zero attached hydrogens (tertiary/aromatic N) is 3. The second-order valence-corrected chi connectivity index (χ2v) is 18.3. The predicted octanol–water partition coefficient (Wildman–Crippen LogP) is 9.25. The highest BCUT2D eigenvalue weighted by Gasteiger charge is 2.45. The van der Waals surface area contributed by atoms with E-state index in [4.69, 9.17) is 32.7 Å². The Morgan fingerprint density at radius 3 is 1.93 bits per heavy atom. The molecule has 0 bridgehead atoms. The molecule has 68 heavy (non-hydrogen) atoms. The number of amides is 1. The van der Waals surface area contributed by atoms with E-state index in [0.717, 1.165) is 16.7 Å². The molecule has 0 radical (unpaired) electrons. The van der Waals surface area contributed by atoms with Gasteiger partial charge in [-0.15, -0.1) is 0 Å². The molecule has 1 unspecified atom stereocenters. The molecule has 15 nitrogen and oxygen atoms in total. The molecule has 5 aromatic rings. The number of esters is 1. The average molecular weight is 951 g/mol. The van der Waals surface area contributed by atoms with Gasteiger partial charge in [-0.1, -0.05) is 72.8 Å². The van der Waals surface area contributed by atoms with Crippen LogP contribution in [-0.4, -0.2) is 90.2 Å². The molecule has 16 heteroatoms. The second-order valence-electron chi connectivity index (χ2n) is 16.9. The number of hydrogen-bond donors (Lipinski definition) is 1. The van der Waals surface area contributed by atoms with E-state index in [1.807, 2.05) is 84.9 Å². The van der Waals surface area contributed by atoms with E-state index in [-0.39, 0.29) is 56.2 Å². The minimum Gasteiger partial charge on any atom is -0.497 e. The van der Waals surface area contributed by atoms with E-state index in [1.54, 1.807) is 50.7 Å². The minimum absolute atomic E-state index is 0.00302. The van der Waals surface area contributed by atoms with E-state index in [0.29, 0.717) is 36.5 Å². The number of ether oxygens (including phenoxy) is 5. The second kappa shape index (κ2) is 25.0. The van der Waals surface area contributed by atoms with Gasteiger partial charge in [0.1, 0.15) is 41.0 Å². The van der Waals surface area contributed by atoms with Gasteiger partial charge in [-0.25, -0.2) is 9.46 Å². The number of carbonyl (C=O) groups excluding carboxylic acids is 3. The van der Waals surface area contributed by atoms with Crippen molar-refractivity contribution in [2.75, 3.05) is 39.4 Å². The Bertz CT molecular complexity index is 2380. The lowest BCUT2D eigenvalue weighted by atomic mass is 9.80. The maximum Gasteiger partial charge on any atom is 0.351 e. The smallest absolute Gasteiger partial charge is 0.351 e. The van der Waals surface area contributed by atoms with Gasteiger partial charge >= 0.3 is 11.7 Å². The van der Waals surface area contributed by atoms with Crippen LogP contribution in [0.15, 0.2) is 126 Å². The fourth-order valence-electron chi connectivity index (χ4n) is 8.02. The lowest BCUT2D eigenvalue weighted by molar-refractivity contribution is -0.144. The number of benzene rings is 4. The fourth-order valence-corrected chi connectivity index (χ4v) is 9.81. The molecule has 6 rings (SSSR count). The van der Waals surface area contributed by atoms with Crippen LogP contribution in [0.5, 0.6) is 11.5 Å². The number of Topliss-reactive ketones (excluding diaryl/α,β-unsaturated/α-hetero) is 1. The van der Waals surface area contributed by atoms with Gasteiger partial charge in [0.25, 0.3) is 14.4 Å². The van der Waals surface area contributed by atoms with Crippen molar-refractivity contribution in [2.24, 2.45) is 0 Å². The van der Waals surface area contributed by atoms with Crippen LogP contribution in [0.25, 0.3) is 0 Å². The van der Waals surface area contributed by atoms with Gasteiger partial charge in [0, 0.05) is 36.7 Å². The maximum absolute atomic E-state index is 13.8. The van der Waals surface area contributed by atoms with Crippen LogP contribution in [0.1, 0.15) is 100.0 Å². The average Bonchev–Trinajstić information content (AvgIpc) is 3.74. The third kappa shape index (κ3) is 13.5. The molecule has 0 saturated carbocycles. The van der Waals surface area contributed by atoms with Crippen molar-refractivity contribution in [3.63, 3.8) is 0 Å². The van der Waals surface area contributed by atoms with E-state index in [2.05, 4.69) is 42.7 Å². The Kier molecular flexibility index (Phi) is 19.0. The first kappa shape index (κ1) is 51.6. The first-order valence-electron chi connectivity index (χ1n) is 23.0. The van der Waals surface area contributed by atoms with Gasteiger partial charge in [-0.05, 0) is 107 Å². The van der Waals surface area contributed by atoms with E-state index in [1.165, 1.54) is 11.5 Å². The van der Waals surface area contributed by atoms with E-state index >= 15 is 0 Å². The van der Waals surface area contributed by atoms with Crippen LogP contribution in [0, 0.1) is 0 Å². The van der Waals surface area contributed by atoms with Crippen molar-refractivity contribution in [2.45, 2.75) is 103 Å². The van der Waals surface area contributed by atoms with Crippen molar-refractivity contribution in [1.29, 1.82) is 0 Å². The van der Waals surface area contributed by atoms with Gasteiger partial charge in [0.05, 0.1) is 46.6 Å². The summed E-state index contributed by atoms with van der Waals surface area (Å²) >= 11 is 0. The standard InChI is InChI=1S/C52H63N4O11P/c1-36(2)56(37(3)4)68(65-33-15-14-32-63-49(58)29-20-38(5)57)67-45-34-48(55-31-30-47(54-51(55)60)53-50(59)39-16-10-8-11-17-39)66-46(45)35-64-52(40-18-12-9-13-19-40,41-21-25-43(61-6)26-22-41)42-23-27-44(62-7)28-24-42/h8-13,16-19,21-28,30-31,36-37,45-46,48H,14-15,20,29,32-35H2,1-7H3,(H,53,54,59,60)/t45-,46+,48+,68?/m0/s1. The molecule has 1 saturated heterocycles. The fraction of sp³-hybridized carbons (Fsp3) is 0.404. The third-order valence-electron chi connectivity index (χ3n) is 11.4. The van der Waals surface area contributed by atoms with Crippen molar-refractivity contribution in [3.8, 4) is 11.5 Å². The van der Waals surface area contributed by atoms with Crippen LogP contribution in [-0.2, 0) is 38.4 Å². The van der Waals surface area contributed by atoms with Gasteiger partial charge in [0.2, 0.25) is 0 Å². The number of methoxy groups -OCH3 is 2. The molecule has 4 atom stereocenters. The highest BCUT2D eigenvalue weighted by Crippen LogP contribution is 2.51. The first-order valence-corrected chi connectivity index (χ1v) is 24.1. The van der Waals surface area contributed by atoms with Crippen molar-refractivity contribution >= 4 is 32.0 Å². The third-order valence-corrected chi connectivity index (χ3v) is 13.5. The highest BCUT2D eigenvalue weighted by atomic mass is 31.2. The minimum atomic E-state index is -1.73. The van der Waals surface area contributed by atoms with Crippen LogP contribution in [0.4, 0.5) is 5.82 Å². The molecular weight excluding hydrogens is 888 g/mol. The van der Waals surface area contributed by atoms with Gasteiger partial charge in [-0.2, -0.15) is 4.98 Å². The predicted molar refractivity (Wildman–Crippen MR) is 260 cm³/mol. The molecule has 0 spiro atoms. The normalized spacial score (nSPS) is 16.5. The number of rotatable bonds is 25. The SMILES string of the molecule is COc1ccc(C(OC[C@H]2O[C@@H](n3ccc(NC(=O)c4ccccc4)nc3=O)C[C@@H]2OP(OCCCCOC(=O)CCC(C)=O)N(C(C)C)C(C)C)(c2ccccc2)c2ccc(OC)cc2)cc1. The maximum atomic E-state index is 13.8. The van der Waals surface area contributed by atoms with Crippen LogP contribution < -0.4 is 20.5 Å². The summed E-state index contributed by atoms with van der Waals surface area (Å²) in [6.45, 7) is 10.3. The molecular formula is C52H63N4O11P. The largest absolute Gasteiger partial charge is 0.497 e. The molecule has 1 aliphatic rings. The number of carbonyl (C=O) groups is 3. The zero-order valence-electron chi connectivity index (χ0n) is 39.9. The summed E-state index contributed by atoms with van der Waals surface area (Å²) in [5, 5.41) is 2.72. The molecule has 1 amide bonds. The number of nitrogens with one attached hydrogen (secondary N) is 1. The van der Waals surface area contributed by atoms with Crippen molar-refractivity contribution in [3.05, 3.63) is 154 Å². The highest BCUT2D eigenvalue weighted by molar-refractivity contribution is 7.44. The summed E-state index contributed by atoms with van der Waals surface area (Å²) in [7, 11) is 1.52. The van der Waals surface area contributed by atoms with Crippen molar-refractivity contribution in [1.82, 2.24) is 14.2 Å². The summed E-state index contributed by atoms with van der Waals surface area (Å²) in [5.74, 6) is 0.608. The number of anilines is 1. The Morgan fingerprint density at radius 2 is 1.37 bits per heavy atom. The zero-order chi connectivity index (χ0) is 48.6. The lowest BCUT2D eigenvalue weighted by Gasteiger charge is -2.39. The van der Waals surface area contributed by atoms with Crippen LogP contribution in [0.2, 0.25) is 0 Å². The zero-order valence-corrected chi connectivity index (χ0v) is 40.8. The Labute approximate surface area is 400 Å². The molecule has 4 aromatic carbocycles. The van der Waals surface area contributed by atoms with Crippen LogP contribution in [0.3, 0.4) is 0 Å². The summed E-state index contributed by atoms with van der Waals surface area (Å²) in [5.41, 5.74) is 1.14. The molecule has 2 heterocycles. The Hall–Kier alpha value is -5.80. The Morgan fingerprint density at radius 1 is 0.794 bits per heavy atom. The number of aromatic nitrogens is 2. The monoisotopic (exact) mass is 950 g/mol. The topological polar surface area (TPSA) is 166 Å². The summed E-state index contributed by atoms with van der Waals surface area (Å²) in [4.78, 5) is 54.5. The van der Waals surface area contributed by atoms with Crippen LogP contribution >= 0.6 is 8.53 Å².